The Balaban J connectivity index is 0.00000583. The number of carbonyl (C=O) groups excluding carboxylic acids is 1. The topological polar surface area (TPSA) is 121 Å². The Morgan fingerprint density at radius 1 is 0.824 bits per heavy atom. The molecule has 0 aliphatic carbocycles. The normalized spacial score (nSPS) is 12.4. The van der Waals surface area contributed by atoms with E-state index in [0.717, 1.165) is 5.56 Å². The molecular formula is C40H39F2N2NaO6. The second kappa shape index (κ2) is 18.1. The molecule has 0 aliphatic heterocycles. The summed E-state index contributed by atoms with van der Waals surface area (Å²) in [6, 6.07) is 27.7. The molecule has 51 heavy (non-hydrogen) atoms. The van der Waals surface area contributed by atoms with Gasteiger partial charge in [-0.3, -0.25) is 9.59 Å². The predicted molar refractivity (Wildman–Crippen MR) is 196 cm³/mol. The number of halogens is 2. The van der Waals surface area contributed by atoms with E-state index in [4.69, 9.17) is 9.84 Å². The van der Waals surface area contributed by atoms with Gasteiger partial charge in [-0.1, -0.05) is 72.8 Å². The number of carbonyl (C=O) groups is 2. The van der Waals surface area contributed by atoms with E-state index in [1.165, 1.54) is 30.3 Å². The van der Waals surface area contributed by atoms with Crippen molar-refractivity contribution in [1.29, 1.82) is 0 Å². The maximum absolute atomic E-state index is 14.6. The van der Waals surface area contributed by atoms with E-state index in [9.17, 15) is 28.6 Å². The van der Waals surface area contributed by atoms with E-state index in [1.807, 2.05) is 44.2 Å². The number of nitrogens with one attached hydrogen (secondary N) is 1. The molecule has 1 aromatic heterocycles. The number of anilines is 1. The number of carboxylic acids is 1. The second-order valence-electron chi connectivity index (χ2n) is 12.1. The van der Waals surface area contributed by atoms with Crippen LogP contribution in [0.4, 0.5) is 14.5 Å². The Labute approximate surface area is 317 Å². The summed E-state index contributed by atoms with van der Waals surface area (Å²) in [7, 11) is 0. The number of carboxylic acid groups (broad SMARTS) is 1. The molecule has 1 amide bonds. The minimum absolute atomic E-state index is 0. The van der Waals surface area contributed by atoms with E-state index >= 15 is 0 Å². The molecule has 0 spiro atoms. The van der Waals surface area contributed by atoms with Gasteiger partial charge < -0.3 is 29.9 Å². The number of aliphatic carboxylic acids is 1. The van der Waals surface area contributed by atoms with Crippen molar-refractivity contribution in [2.45, 2.75) is 51.5 Å². The van der Waals surface area contributed by atoms with Crippen LogP contribution < -0.4 is 10.1 Å². The molecule has 11 heteroatoms. The van der Waals surface area contributed by atoms with E-state index in [1.54, 1.807) is 59.2 Å². The summed E-state index contributed by atoms with van der Waals surface area (Å²) in [4.78, 5) is 25.7. The molecule has 1 heterocycles. The van der Waals surface area contributed by atoms with E-state index < -0.39 is 42.1 Å². The number of rotatable bonds is 14. The van der Waals surface area contributed by atoms with Crippen LogP contribution in [0.3, 0.4) is 0 Å². The van der Waals surface area contributed by atoms with Crippen LogP contribution in [0.2, 0.25) is 0 Å². The van der Waals surface area contributed by atoms with Gasteiger partial charge in [0.05, 0.1) is 24.3 Å². The third-order valence-corrected chi connectivity index (χ3v) is 8.01. The van der Waals surface area contributed by atoms with Gasteiger partial charge in [-0.05, 0) is 73.0 Å². The quantitative estimate of drug-likeness (QED) is 0.0891. The number of para-hydroxylation sites is 2. The van der Waals surface area contributed by atoms with Gasteiger partial charge >= 0.3 is 35.5 Å². The molecule has 0 radical (unpaired) electrons. The van der Waals surface area contributed by atoms with Crippen molar-refractivity contribution in [2.24, 2.45) is 0 Å². The summed E-state index contributed by atoms with van der Waals surface area (Å²) < 4.78 is 36.3. The van der Waals surface area contributed by atoms with Crippen LogP contribution in [0, 0.1) is 11.6 Å². The van der Waals surface area contributed by atoms with Crippen molar-refractivity contribution in [2.75, 3.05) is 5.32 Å². The summed E-state index contributed by atoms with van der Waals surface area (Å²) >= 11 is 0. The molecule has 0 saturated carbocycles. The molecule has 260 valence electrons. The van der Waals surface area contributed by atoms with E-state index in [0.29, 0.717) is 39.4 Å². The summed E-state index contributed by atoms with van der Waals surface area (Å²) in [5.74, 6) is -2.20. The van der Waals surface area contributed by atoms with Crippen LogP contribution >= 0.6 is 0 Å². The van der Waals surface area contributed by atoms with Crippen LogP contribution in [-0.4, -0.2) is 73.5 Å². The summed E-state index contributed by atoms with van der Waals surface area (Å²) in [6.07, 6.45) is -0.298. The second-order valence-corrected chi connectivity index (χ2v) is 12.1. The first-order valence-electron chi connectivity index (χ1n) is 16.1. The zero-order valence-electron chi connectivity index (χ0n) is 27.6. The maximum atomic E-state index is 14.6. The molecule has 4 aromatic carbocycles. The molecule has 0 unspecified atom stereocenters. The number of nitrogens with zero attached hydrogens (tertiary/aromatic N) is 1. The van der Waals surface area contributed by atoms with Gasteiger partial charge in [-0.15, -0.1) is 0 Å². The fraction of sp³-hybridized carbons (Fsp3) is 0.200. The molecule has 0 saturated heterocycles. The molecule has 2 atom stereocenters. The molecule has 0 fully saturated rings. The van der Waals surface area contributed by atoms with Crippen molar-refractivity contribution in [3.8, 4) is 28.0 Å². The number of hydrogen-bond acceptors (Lipinski definition) is 5. The van der Waals surface area contributed by atoms with Crippen molar-refractivity contribution in [1.82, 2.24) is 4.57 Å². The number of amides is 1. The fourth-order valence-electron chi connectivity index (χ4n) is 5.79. The van der Waals surface area contributed by atoms with Gasteiger partial charge in [0.15, 0.2) is 0 Å². The number of benzene rings is 4. The molecule has 5 rings (SSSR count). The van der Waals surface area contributed by atoms with Crippen LogP contribution in [0.1, 0.15) is 54.5 Å². The standard InChI is InChI=1S/C40H38F2N2O6.Na.H/c1-25(2)44-34(21-20-31(45)22-32(46)23-36(47)48)37(27-12-16-29(41)17-13-27)38(28-14-18-30(42)19-15-28)39(44)40(49)43-33-10-6-7-11-35(33)50-24-26-8-4-3-5-9-26;;/h3-21,25,31-32,45-46H,22-24H2,1-2H3,(H,43,49)(H,47,48);;/b21-20+;;/t31-,32-;;/m1../s1. The number of ether oxygens (including phenoxy) is 1. The average molecular weight is 705 g/mol. The monoisotopic (exact) mass is 704 g/mol. The van der Waals surface area contributed by atoms with Crippen LogP contribution in [0.15, 0.2) is 109 Å². The third-order valence-electron chi connectivity index (χ3n) is 8.01. The SMILES string of the molecule is CC(C)n1c(/C=C/[C@@H](O)C[C@@H](O)CC(=O)O)c(-c2ccc(F)cc2)c(-c2ccc(F)cc2)c1C(=O)Nc1ccccc1OCc1ccccc1.[NaH]. The first kappa shape index (κ1) is 39.2. The van der Waals surface area contributed by atoms with Gasteiger partial charge in [0.2, 0.25) is 0 Å². The number of aromatic nitrogens is 1. The molecular weight excluding hydrogens is 665 g/mol. The number of aliphatic hydroxyl groups is 2. The van der Waals surface area contributed by atoms with Gasteiger partial charge in [0.1, 0.15) is 29.7 Å². The van der Waals surface area contributed by atoms with Crippen molar-refractivity contribution < 1.29 is 38.4 Å². The first-order valence-corrected chi connectivity index (χ1v) is 16.1. The van der Waals surface area contributed by atoms with Crippen LogP contribution in [-0.2, 0) is 11.4 Å². The third kappa shape index (κ3) is 10.0. The zero-order valence-corrected chi connectivity index (χ0v) is 27.6. The van der Waals surface area contributed by atoms with Crippen LogP contribution in [0.5, 0.6) is 5.75 Å². The number of hydrogen-bond donors (Lipinski definition) is 4. The molecule has 0 bridgehead atoms. The number of aliphatic hydroxyl groups excluding tert-OH is 2. The Hall–Kier alpha value is -4.58. The summed E-state index contributed by atoms with van der Waals surface area (Å²) in [5.41, 5.74) is 4.04. The fourth-order valence-corrected chi connectivity index (χ4v) is 5.79. The van der Waals surface area contributed by atoms with Crippen molar-refractivity contribution >= 4 is 53.2 Å². The molecule has 4 N–H and O–H groups in total. The van der Waals surface area contributed by atoms with Gasteiger partial charge in [-0.2, -0.15) is 0 Å². The molecule has 8 nitrogen and oxygen atoms in total. The van der Waals surface area contributed by atoms with Gasteiger partial charge in [-0.25, -0.2) is 8.78 Å². The average Bonchev–Trinajstić information content (AvgIpc) is 3.43. The van der Waals surface area contributed by atoms with E-state index in [2.05, 4.69) is 5.32 Å². The Morgan fingerprint density at radius 3 is 1.98 bits per heavy atom. The van der Waals surface area contributed by atoms with Gasteiger partial charge in [0.25, 0.3) is 5.91 Å². The summed E-state index contributed by atoms with van der Waals surface area (Å²) in [6.45, 7) is 4.02. The van der Waals surface area contributed by atoms with E-state index in [-0.39, 0.29) is 54.3 Å². The predicted octanol–water partition coefficient (Wildman–Crippen LogP) is 7.46. The Kier molecular flexibility index (Phi) is 13.9. The molecule has 0 aliphatic rings. The minimum atomic E-state index is -1.29. The molecule has 5 aromatic rings. The van der Waals surface area contributed by atoms with Crippen molar-refractivity contribution in [3.63, 3.8) is 0 Å². The van der Waals surface area contributed by atoms with Gasteiger partial charge in [0, 0.05) is 29.3 Å². The summed E-state index contributed by atoms with van der Waals surface area (Å²) in [5, 5.41) is 33.0. The zero-order chi connectivity index (χ0) is 35.8. The first-order chi connectivity index (χ1) is 24.0. The Bertz CT molecular complexity index is 1960. The van der Waals surface area contributed by atoms with Crippen molar-refractivity contribution in [3.05, 3.63) is 138 Å². The van der Waals surface area contributed by atoms with Crippen LogP contribution in [0.25, 0.3) is 28.3 Å². The Morgan fingerprint density at radius 2 is 1.39 bits per heavy atom.